The maximum atomic E-state index is 13.3. The van der Waals surface area contributed by atoms with E-state index in [0.717, 1.165) is 0 Å². The average molecular weight is 452 g/mol. The van der Waals surface area contributed by atoms with Crippen LogP contribution in [0.5, 0.6) is 0 Å². The zero-order valence-electron chi connectivity index (χ0n) is 14.5. The van der Waals surface area contributed by atoms with E-state index in [-0.39, 0.29) is 26.6 Å². The van der Waals surface area contributed by atoms with Crippen LogP contribution in [-0.2, 0) is 10.0 Å². The van der Waals surface area contributed by atoms with Gasteiger partial charge in [-0.05, 0) is 48.5 Å². The third-order valence-electron chi connectivity index (χ3n) is 3.96. The number of fused-ring (bicyclic) bond motifs is 1. The van der Waals surface area contributed by atoms with Gasteiger partial charge in [-0.1, -0.05) is 35.3 Å². The fourth-order valence-corrected chi connectivity index (χ4v) is 4.09. The van der Waals surface area contributed by atoms with E-state index < -0.39 is 15.8 Å². The largest absolute Gasteiger partial charge is 0.423 e. The van der Waals surface area contributed by atoms with Crippen LogP contribution in [0.4, 0.5) is 21.8 Å². The van der Waals surface area contributed by atoms with Crippen LogP contribution in [0.3, 0.4) is 0 Å². The molecule has 0 amide bonds. The van der Waals surface area contributed by atoms with Gasteiger partial charge in [0.2, 0.25) is 0 Å². The Morgan fingerprint density at radius 1 is 0.966 bits per heavy atom. The summed E-state index contributed by atoms with van der Waals surface area (Å²) in [5.74, 6) is -0.546. The number of halogens is 3. The minimum absolute atomic E-state index is 0.00500. The molecule has 0 saturated heterocycles. The minimum atomic E-state index is -3.88. The lowest BCUT2D eigenvalue weighted by Crippen LogP contribution is -2.13. The Kier molecular flexibility index (Phi) is 5.08. The van der Waals surface area contributed by atoms with Crippen LogP contribution in [0.15, 0.2) is 70.0 Å². The van der Waals surface area contributed by atoms with E-state index in [4.69, 9.17) is 27.6 Å². The number of oxazole rings is 1. The van der Waals surface area contributed by atoms with Gasteiger partial charge in [-0.2, -0.15) is 4.98 Å². The molecule has 29 heavy (non-hydrogen) atoms. The molecular weight excluding hydrogens is 440 g/mol. The highest BCUT2D eigenvalue weighted by molar-refractivity contribution is 7.92. The van der Waals surface area contributed by atoms with Crippen LogP contribution in [-0.4, -0.2) is 13.4 Å². The van der Waals surface area contributed by atoms with Crippen LogP contribution in [0, 0.1) is 5.82 Å². The second kappa shape index (κ2) is 7.55. The minimum Gasteiger partial charge on any atom is -0.423 e. The number of aromatic nitrogens is 1. The maximum absolute atomic E-state index is 13.3. The molecule has 3 aromatic carbocycles. The molecule has 0 unspecified atom stereocenters. The number of nitrogens with zero attached hydrogens (tertiary/aromatic N) is 1. The molecule has 2 N–H and O–H groups in total. The number of para-hydroxylation sites is 1. The van der Waals surface area contributed by atoms with E-state index in [1.807, 2.05) is 0 Å². The molecule has 0 aliphatic rings. The van der Waals surface area contributed by atoms with Crippen molar-refractivity contribution in [1.29, 1.82) is 0 Å². The third-order valence-corrected chi connectivity index (χ3v) is 5.94. The van der Waals surface area contributed by atoms with Crippen molar-refractivity contribution in [1.82, 2.24) is 4.98 Å². The summed E-state index contributed by atoms with van der Waals surface area (Å²) in [4.78, 5) is 4.22. The number of rotatable bonds is 5. The number of benzene rings is 3. The molecule has 0 fully saturated rings. The fraction of sp³-hybridized carbons (Fsp3) is 0. The maximum Gasteiger partial charge on any atom is 0.300 e. The van der Waals surface area contributed by atoms with Gasteiger partial charge in [0, 0.05) is 5.69 Å². The predicted octanol–water partition coefficient (Wildman–Crippen LogP) is 5.82. The van der Waals surface area contributed by atoms with E-state index in [1.165, 1.54) is 36.4 Å². The lowest BCUT2D eigenvalue weighted by Gasteiger charge is -2.09. The van der Waals surface area contributed by atoms with Gasteiger partial charge in [0.05, 0.1) is 20.6 Å². The zero-order valence-corrected chi connectivity index (χ0v) is 16.8. The molecule has 10 heteroatoms. The smallest absolute Gasteiger partial charge is 0.300 e. The molecule has 0 spiro atoms. The van der Waals surface area contributed by atoms with Crippen molar-refractivity contribution in [2.24, 2.45) is 0 Å². The molecule has 4 aromatic rings. The Hall–Kier alpha value is -2.81. The van der Waals surface area contributed by atoms with Gasteiger partial charge in [0.1, 0.15) is 11.3 Å². The van der Waals surface area contributed by atoms with Crippen molar-refractivity contribution >= 4 is 61.7 Å². The summed E-state index contributed by atoms with van der Waals surface area (Å²) in [6, 6.07) is 14.9. The average Bonchev–Trinajstić information content (AvgIpc) is 3.08. The van der Waals surface area contributed by atoms with Gasteiger partial charge in [-0.3, -0.25) is 4.72 Å². The number of anilines is 3. The second-order valence-corrected chi connectivity index (χ2v) is 8.48. The number of sulfonamides is 1. The molecule has 4 rings (SSSR count). The Labute approximate surface area is 175 Å². The summed E-state index contributed by atoms with van der Waals surface area (Å²) < 4.78 is 46.6. The molecule has 0 atom stereocenters. The van der Waals surface area contributed by atoms with Crippen LogP contribution in [0.1, 0.15) is 0 Å². The zero-order chi connectivity index (χ0) is 20.6. The van der Waals surface area contributed by atoms with Gasteiger partial charge in [0.25, 0.3) is 16.0 Å². The summed E-state index contributed by atoms with van der Waals surface area (Å²) in [5, 5.41) is 3.09. The highest BCUT2D eigenvalue weighted by Crippen LogP contribution is 2.28. The van der Waals surface area contributed by atoms with E-state index >= 15 is 0 Å². The molecule has 1 aromatic heterocycles. The van der Waals surface area contributed by atoms with Gasteiger partial charge in [-0.25, -0.2) is 12.8 Å². The number of nitrogens with one attached hydrogen (secondary N) is 2. The first-order chi connectivity index (χ1) is 13.8. The van der Waals surface area contributed by atoms with E-state index in [1.54, 1.807) is 24.3 Å². The Morgan fingerprint density at radius 3 is 2.52 bits per heavy atom. The fourth-order valence-electron chi connectivity index (χ4n) is 2.57. The van der Waals surface area contributed by atoms with Crippen molar-refractivity contribution in [3.63, 3.8) is 0 Å². The van der Waals surface area contributed by atoms with E-state index in [2.05, 4.69) is 15.0 Å². The monoisotopic (exact) mass is 451 g/mol. The molecule has 0 radical (unpaired) electrons. The molecule has 148 valence electrons. The van der Waals surface area contributed by atoms with Crippen molar-refractivity contribution in [2.75, 3.05) is 10.0 Å². The van der Waals surface area contributed by atoms with Crippen molar-refractivity contribution in [2.45, 2.75) is 4.90 Å². The van der Waals surface area contributed by atoms with Crippen molar-refractivity contribution in [3.05, 3.63) is 76.5 Å². The SMILES string of the molecule is O=S(=O)(Nc1ccccc1Cl)c1ccc2oc(Nc3ccc(F)c(Cl)c3)nc2c1. The van der Waals surface area contributed by atoms with Gasteiger partial charge in [0.15, 0.2) is 5.58 Å². The first-order valence-electron chi connectivity index (χ1n) is 8.22. The van der Waals surface area contributed by atoms with Gasteiger partial charge >= 0.3 is 0 Å². The van der Waals surface area contributed by atoms with E-state index in [0.29, 0.717) is 16.8 Å². The quantitative estimate of drug-likeness (QED) is 0.399. The van der Waals surface area contributed by atoms with Gasteiger partial charge < -0.3 is 9.73 Å². The highest BCUT2D eigenvalue weighted by atomic mass is 35.5. The van der Waals surface area contributed by atoms with Crippen LogP contribution < -0.4 is 10.0 Å². The summed E-state index contributed by atoms with van der Waals surface area (Å²) in [6.45, 7) is 0. The summed E-state index contributed by atoms with van der Waals surface area (Å²) in [7, 11) is -3.88. The molecule has 0 bridgehead atoms. The molecular formula is C19H12Cl2FN3O3S. The summed E-state index contributed by atoms with van der Waals surface area (Å²) in [5.41, 5.74) is 1.43. The first-order valence-corrected chi connectivity index (χ1v) is 10.5. The Bertz CT molecular complexity index is 1330. The molecule has 0 saturated carbocycles. The lowest BCUT2D eigenvalue weighted by molar-refractivity contribution is 0.601. The van der Waals surface area contributed by atoms with Crippen molar-refractivity contribution in [3.8, 4) is 0 Å². The summed E-state index contributed by atoms with van der Waals surface area (Å²) >= 11 is 11.8. The topological polar surface area (TPSA) is 84.2 Å². The predicted molar refractivity (Wildman–Crippen MR) is 111 cm³/mol. The molecule has 1 heterocycles. The normalized spacial score (nSPS) is 11.6. The van der Waals surface area contributed by atoms with E-state index in [9.17, 15) is 12.8 Å². The second-order valence-electron chi connectivity index (χ2n) is 5.99. The van der Waals surface area contributed by atoms with Crippen LogP contribution in [0.25, 0.3) is 11.1 Å². The number of hydrogen-bond donors (Lipinski definition) is 2. The molecule has 0 aliphatic carbocycles. The molecule has 6 nitrogen and oxygen atoms in total. The highest BCUT2D eigenvalue weighted by Gasteiger charge is 2.18. The third kappa shape index (κ3) is 4.14. The summed E-state index contributed by atoms with van der Waals surface area (Å²) in [6.07, 6.45) is 0. The van der Waals surface area contributed by atoms with Gasteiger partial charge in [-0.15, -0.1) is 0 Å². The van der Waals surface area contributed by atoms with Crippen LogP contribution >= 0.6 is 23.2 Å². The standard InChI is InChI=1S/C19H12Cl2FN3O3S/c20-13-3-1-2-4-16(13)25-29(26,27)12-6-8-18-17(10-12)24-19(28-18)23-11-5-7-15(22)14(21)9-11/h1-10,25H,(H,23,24). The Balaban J connectivity index is 1.62. The van der Waals surface area contributed by atoms with Crippen LogP contribution in [0.2, 0.25) is 10.0 Å². The van der Waals surface area contributed by atoms with Crippen molar-refractivity contribution < 1.29 is 17.2 Å². The lowest BCUT2D eigenvalue weighted by atomic mass is 10.3. The first kappa shape index (κ1) is 19.5. The number of hydrogen-bond acceptors (Lipinski definition) is 5. The molecule has 0 aliphatic heterocycles. The Morgan fingerprint density at radius 2 is 1.76 bits per heavy atom.